The summed E-state index contributed by atoms with van der Waals surface area (Å²) in [6, 6.07) is 14.1. The lowest BCUT2D eigenvalue weighted by Gasteiger charge is -2.14. The van der Waals surface area contributed by atoms with Crippen LogP contribution in [0.1, 0.15) is 26.3 Å². The number of rotatable bonds is 4. The zero-order valence-corrected chi connectivity index (χ0v) is 13.7. The van der Waals surface area contributed by atoms with Crippen molar-refractivity contribution in [2.75, 3.05) is 6.54 Å². The van der Waals surface area contributed by atoms with Crippen LogP contribution < -0.4 is 5.32 Å². The first-order chi connectivity index (χ1) is 12.1. The SMILES string of the molecule is Cc1ccccc1N=CCNC(=O)C1=CC(=O)c2ccccc2C1=O. The molecule has 0 aliphatic heterocycles. The maximum atomic E-state index is 12.4. The van der Waals surface area contributed by atoms with Crippen LogP contribution in [0.4, 0.5) is 5.69 Å². The number of carbonyl (C=O) groups is 3. The Morgan fingerprint density at radius 2 is 1.72 bits per heavy atom. The van der Waals surface area contributed by atoms with E-state index in [1.165, 1.54) is 0 Å². The Labute approximate surface area is 145 Å². The number of ketones is 2. The Kier molecular flexibility index (Phi) is 4.66. The molecule has 0 unspecified atom stereocenters. The van der Waals surface area contributed by atoms with E-state index >= 15 is 0 Å². The van der Waals surface area contributed by atoms with E-state index in [4.69, 9.17) is 0 Å². The van der Waals surface area contributed by atoms with Gasteiger partial charge in [-0.1, -0.05) is 42.5 Å². The quantitative estimate of drug-likeness (QED) is 0.691. The van der Waals surface area contributed by atoms with Crippen LogP contribution in [0.3, 0.4) is 0 Å². The highest BCUT2D eigenvalue weighted by Crippen LogP contribution is 2.21. The Bertz CT molecular complexity index is 926. The van der Waals surface area contributed by atoms with Gasteiger partial charge in [0.15, 0.2) is 11.6 Å². The predicted octanol–water partition coefficient (Wildman–Crippen LogP) is 2.82. The largest absolute Gasteiger partial charge is 0.347 e. The van der Waals surface area contributed by atoms with Gasteiger partial charge in [-0.25, -0.2) is 0 Å². The zero-order valence-electron chi connectivity index (χ0n) is 13.7. The van der Waals surface area contributed by atoms with Crippen molar-refractivity contribution in [2.45, 2.75) is 6.92 Å². The van der Waals surface area contributed by atoms with Gasteiger partial charge >= 0.3 is 0 Å². The van der Waals surface area contributed by atoms with Gasteiger partial charge in [0, 0.05) is 23.4 Å². The third-order valence-corrected chi connectivity index (χ3v) is 3.90. The molecule has 1 aliphatic rings. The van der Waals surface area contributed by atoms with Crippen LogP contribution in [0.15, 0.2) is 65.2 Å². The molecule has 0 saturated heterocycles. The Balaban J connectivity index is 1.67. The highest BCUT2D eigenvalue weighted by atomic mass is 16.2. The number of Topliss-reactive ketones (excluding diaryl/α,β-unsaturated/α-hetero) is 1. The number of aliphatic imine (C=N–C) groups is 1. The molecule has 0 heterocycles. The monoisotopic (exact) mass is 332 g/mol. The van der Waals surface area contributed by atoms with E-state index in [2.05, 4.69) is 10.3 Å². The summed E-state index contributed by atoms with van der Waals surface area (Å²) in [6.45, 7) is 2.10. The fourth-order valence-corrected chi connectivity index (χ4v) is 2.57. The second-order valence-corrected chi connectivity index (χ2v) is 5.61. The van der Waals surface area contributed by atoms with Crippen molar-refractivity contribution in [3.05, 3.63) is 76.9 Å². The Morgan fingerprint density at radius 3 is 2.48 bits per heavy atom. The average molecular weight is 332 g/mol. The molecule has 5 heteroatoms. The van der Waals surface area contributed by atoms with E-state index < -0.39 is 11.7 Å². The molecule has 0 spiro atoms. The maximum absolute atomic E-state index is 12.4. The summed E-state index contributed by atoms with van der Waals surface area (Å²) in [6.07, 6.45) is 2.66. The van der Waals surface area contributed by atoms with Crippen LogP contribution in [-0.2, 0) is 4.79 Å². The summed E-state index contributed by atoms with van der Waals surface area (Å²) in [5.74, 6) is -1.36. The lowest BCUT2D eigenvalue weighted by molar-refractivity contribution is -0.116. The first-order valence-electron chi connectivity index (χ1n) is 7.84. The van der Waals surface area contributed by atoms with Crippen molar-refractivity contribution in [3.8, 4) is 0 Å². The number of para-hydroxylation sites is 1. The van der Waals surface area contributed by atoms with Crippen LogP contribution in [0.2, 0.25) is 0 Å². The van der Waals surface area contributed by atoms with E-state index in [-0.39, 0.29) is 23.5 Å². The molecule has 0 radical (unpaired) electrons. The molecular weight excluding hydrogens is 316 g/mol. The minimum atomic E-state index is -0.580. The first-order valence-corrected chi connectivity index (χ1v) is 7.84. The van der Waals surface area contributed by atoms with Gasteiger partial charge in [-0.05, 0) is 18.6 Å². The van der Waals surface area contributed by atoms with Crippen LogP contribution in [0.25, 0.3) is 0 Å². The minimum absolute atomic E-state index is 0.145. The number of fused-ring (bicyclic) bond motifs is 1. The topological polar surface area (TPSA) is 75.6 Å². The summed E-state index contributed by atoms with van der Waals surface area (Å²) in [5.41, 5.74) is 2.28. The van der Waals surface area contributed by atoms with Crippen LogP contribution >= 0.6 is 0 Å². The van der Waals surface area contributed by atoms with Gasteiger partial charge in [-0.3, -0.25) is 19.4 Å². The molecule has 2 aromatic carbocycles. The van der Waals surface area contributed by atoms with E-state index in [9.17, 15) is 14.4 Å². The highest BCUT2D eigenvalue weighted by Gasteiger charge is 2.28. The summed E-state index contributed by atoms with van der Waals surface area (Å²) in [7, 11) is 0. The maximum Gasteiger partial charge on any atom is 0.255 e. The number of benzene rings is 2. The molecule has 0 fully saturated rings. The number of aryl methyl sites for hydroxylation is 1. The lowest BCUT2D eigenvalue weighted by Crippen LogP contribution is -2.32. The zero-order chi connectivity index (χ0) is 17.8. The number of carbonyl (C=O) groups excluding carboxylic acids is 3. The fourth-order valence-electron chi connectivity index (χ4n) is 2.57. The summed E-state index contributed by atoms with van der Waals surface area (Å²) >= 11 is 0. The molecule has 2 aromatic rings. The van der Waals surface area contributed by atoms with E-state index in [0.717, 1.165) is 17.3 Å². The normalized spacial score (nSPS) is 13.6. The Hall–Kier alpha value is -3.34. The standard InChI is InChI=1S/C20H16N2O3/c1-13-6-2-5-9-17(13)21-10-11-22-20(25)16-12-18(23)14-7-3-4-8-15(14)19(16)24/h2-10,12H,11H2,1H3,(H,22,25). The molecule has 3 rings (SSSR count). The Morgan fingerprint density at radius 1 is 1.04 bits per heavy atom. The third kappa shape index (κ3) is 3.45. The van der Waals surface area contributed by atoms with Gasteiger partial charge in [-0.15, -0.1) is 0 Å². The van der Waals surface area contributed by atoms with E-state index in [1.807, 2.05) is 31.2 Å². The molecule has 25 heavy (non-hydrogen) atoms. The number of nitrogens with zero attached hydrogens (tertiary/aromatic N) is 1. The molecule has 5 nitrogen and oxygen atoms in total. The predicted molar refractivity (Wildman–Crippen MR) is 95.5 cm³/mol. The van der Waals surface area contributed by atoms with Gasteiger partial charge in [0.25, 0.3) is 5.91 Å². The van der Waals surface area contributed by atoms with Gasteiger partial charge in [0.05, 0.1) is 17.8 Å². The lowest BCUT2D eigenvalue weighted by atomic mass is 9.89. The van der Waals surface area contributed by atoms with Crippen molar-refractivity contribution < 1.29 is 14.4 Å². The van der Waals surface area contributed by atoms with Crippen LogP contribution in [0, 0.1) is 6.92 Å². The smallest absolute Gasteiger partial charge is 0.255 e. The average Bonchev–Trinajstić information content (AvgIpc) is 2.63. The van der Waals surface area contributed by atoms with Crippen molar-refractivity contribution >= 4 is 29.4 Å². The molecular formula is C20H16N2O3. The number of amides is 1. The number of allylic oxidation sites excluding steroid dienone is 1. The molecule has 1 aliphatic carbocycles. The van der Waals surface area contributed by atoms with Gasteiger partial charge in [0.2, 0.25) is 0 Å². The molecule has 0 atom stereocenters. The van der Waals surface area contributed by atoms with Gasteiger partial charge in [0.1, 0.15) is 0 Å². The van der Waals surface area contributed by atoms with Crippen molar-refractivity contribution in [2.24, 2.45) is 4.99 Å². The molecule has 1 amide bonds. The van der Waals surface area contributed by atoms with Gasteiger partial charge < -0.3 is 5.32 Å². The van der Waals surface area contributed by atoms with E-state index in [1.54, 1.807) is 30.5 Å². The summed E-state index contributed by atoms with van der Waals surface area (Å²) in [4.78, 5) is 41.0. The number of hydrogen-bond acceptors (Lipinski definition) is 4. The first kappa shape index (κ1) is 16.5. The summed E-state index contributed by atoms with van der Waals surface area (Å²) < 4.78 is 0. The molecule has 0 saturated carbocycles. The van der Waals surface area contributed by atoms with Crippen LogP contribution in [0.5, 0.6) is 0 Å². The second-order valence-electron chi connectivity index (χ2n) is 5.61. The fraction of sp³-hybridized carbons (Fsp3) is 0.100. The van der Waals surface area contributed by atoms with Crippen LogP contribution in [-0.4, -0.2) is 30.2 Å². The van der Waals surface area contributed by atoms with E-state index in [0.29, 0.717) is 5.56 Å². The number of nitrogens with one attached hydrogen (secondary N) is 1. The third-order valence-electron chi connectivity index (χ3n) is 3.90. The minimum Gasteiger partial charge on any atom is -0.347 e. The molecule has 0 bridgehead atoms. The van der Waals surface area contributed by atoms with Gasteiger partial charge in [-0.2, -0.15) is 0 Å². The van der Waals surface area contributed by atoms with Crippen molar-refractivity contribution in [1.82, 2.24) is 5.32 Å². The molecule has 124 valence electrons. The number of hydrogen-bond donors (Lipinski definition) is 1. The van der Waals surface area contributed by atoms with Crippen molar-refractivity contribution in [1.29, 1.82) is 0 Å². The summed E-state index contributed by atoms with van der Waals surface area (Å²) in [5, 5.41) is 2.59. The van der Waals surface area contributed by atoms with Crippen molar-refractivity contribution in [3.63, 3.8) is 0 Å². The second kappa shape index (κ2) is 7.05. The highest BCUT2D eigenvalue weighted by molar-refractivity contribution is 6.34. The molecule has 1 N–H and O–H groups in total. The molecule has 0 aromatic heterocycles.